The number of esters is 2. The van der Waals surface area contributed by atoms with Crippen LogP contribution in [-0.2, 0) is 24.3 Å². The highest BCUT2D eigenvalue weighted by atomic mass is 35.5. The maximum Gasteiger partial charge on any atom is 0.338 e. The number of sulfonamides is 1. The third kappa shape index (κ3) is 5.74. The van der Waals surface area contributed by atoms with Crippen LogP contribution in [0.25, 0.3) is 0 Å². The first-order valence-electron chi connectivity index (χ1n) is 9.95. The lowest BCUT2D eigenvalue weighted by Crippen LogP contribution is -2.40. The minimum atomic E-state index is -3.76. The SMILES string of the molecule is CCOC(=O)c1ccc(S(=O)(=O)N2CCC(C(=O)OCC(=O)c3ccc(Cl)s3)CC2)cc1. The first-order valence-corrected chi connectivity index (χ1v) is 12.6. The van der Waals surface area contributed by atoms with Gasteiger partial charge in [-0.1, -0.05) is 11.6 Å². The van der Waals surface area contributed by atoms with Crippen LogP contribution in [0.1, 0.15) is 39.8 Å². The second-order valence-electron chi connectivity index (χ2n) is 7.06. The molecular formula is C21H22ClNO7S2. The largest absolute Gasteiger partial charge is 0.462 e. The van der Waals surface area contributed by atoms with E-state index in [1.165, 1.54) is 28.6 Å². The minimum Gasteiger partial charge on any atom is -0.462 e. The monoisotopic (exact) mass is 499 g/mol. The van der Waals surface area contributed by atoms with Crippen LogP contribution in [0.5, 0.6) is 0 Å². The number of benzene rings is 1. The van der Waals surface area contributed by atoms with Crippen LogP contribution in [0.3, 0.4) is 0 Å². The Hall–Kier alpha value is -2.27. The van der Waals surface area contributed by atoms with Gasteiger partial charge in [0.2, 0.25) is 15.8 Å². The van der Waals surface area contributed by atoms with E-state index in [9.17, 15) is 22.8 Å². The van der Waals surface area contributed by atoms with Gasteiger partial charge in [-0.25, -0.2) is 13.2 Å². The maximum atomic E-state index is 12.9. The molecule has 1 aliphatic heterocycles. The van der Waals surface area contributed by atoms with E-state index in [4.69, 9.17) is 21.1 Å². The molecule has 0 bridgehead atoms. The van der Waals surface area contributed by atoms with Crippen molar-refractivity contribution in [3.63, 3.8) is 0 Å². The molecule has 1 aromatic carbocycles. The lowest BCUT2D eigenvalue weighted by Gasteiger charge is -2.30. The Kier molecular flexibility index (Phi) is 8.05. The molecule has 8 nitrogen and oxygen atoms in total. The fraction of sp³-hybridized carbons (Fsp3) is 0.381. The molecule has 3 rings (SSSR count). The van der Waals surface area contributed by atoms with E-state index in [2.05, 4.69) is 0 Å². The highest BCUT2D eigenvalue weighted by molar-refractivity contribution is 7.89. The lowest BCUT2D eigenvalue weighted by atomic mass is 9.98. The van der Waals surface area contributed by atoms with Crippen LogP contribution >= 0.6 is 22.9 Å². The van der Waals surface area contributed by atoms with Gasteiger partial charge in [-0.2, -0.15) is 4.31 Å². The zero-order valence-electron chi connectivity index (χ0n) is 17.3. The van der Waals surface area contributed by atoms with Crippen molar-refractivity contribution < 1.29 is 32.3 Å². The molecule has 0 unspecified atom stereocenters. The topological polar surface area (TPSA) is 107 Å². The summed E-state index contributed by atoms with van der Waals surface area (Å²) in [5, 5.41) is 0. The van der Waals surface area contributed by atoms with E-state index in [0.717, 1.165) is 11.3 Å². The van der Waals surface area contributed by atoms with Crippen LogP contribution in [0.15, 0.2) is 41.3 Å². The number of Topliss-reactive ketones (excluding diaryl/α,β-unsaturated/α-hetero) is 1. The van der Waals surface area contributed by atoms with Gasteiger partial charge in [0.15, 0.2) is 6.61 Å². The van der Waals surface area contributed by atoms with E-state index in [1.54, 1.807) is 19.1 Å². The molecule has 0 atom stereocenters. The van der Waals surface area contributed by atoms with Crippen molar-refractivity contribution in [2.24, 2.45) is 5.92 Å². The number of piperidine rings is 1. The summed E-state index contributed by atoms with van der Waals surface area (Å²) < 4.78 is 37.6. The average molecular weight is 500 g/mol. The van der Waals surface area contributed by atoms with Crippen LogP contribution in [0.4, 0.5) is 0 Å². The van der Waals surface area contributed by atoms with Gasteiger partial charge in [-0.05, 0) is 56.2 Å². The fourth-order valence-electron chi connectivity index (χ4n) is 3.25. The number of nitrogens with zero attached hydrogens (tertiary/aromatic N) is 1. The van der Waals surface area contributed by atoms with Crippen molar-refractivity contribution >= 4 is 50.7 Å². The van der Waals surface area contributed by atoms with Crippen molar-refractivity contribution in [3.05, 3.63) is 51.2 Å². The molecule has 11 heteroatoms. The zero-order chi connectivity index (χ0) is 23.3. The second-order valence-corrected chi connectivity index (χ2v) is 10.7. The Morgan fingerprint density at radius 3 is 2.28 bits per heavy atom. The molecule has 2 aromatic rings. The van der Waals surface area contributed by atoms with Crippen LogP contribution in [0.2, 0.25) is 4.34 Å². The highest BCUT2D eigenvalue weighted by Gasteiger charge is 2.33. The Morgan fingerprint density at radius 1 is 1.06 bits per heavy atom. The third-order valence-corrected chi connectivity index (χ3v) is 8.17. The summed E-state index contributed by atoms with van der Waals surface area (Å²) in [4.78, 5) is 36.6. The van der Waals surface area contributed by atoms with Gasteiger partial charge in [0.1, 0.15) is 0 Å². The van der Waals surface area contributed by atoms with Gasteiger partial charge < -0.3 is 9.47 Å². The molecule has 0 aliphatic carbocycles. The number of ether oxygens (including phenoxy) is 2. The molecular weight excluding hydrogens is 478 g/mol. The first-order chi connectivity index (χ1) is 15.2. The summed E-state index contributed by atoms with van der Waals surface area (Å²) in [5.74, 6) is -1.85. The van der Waals surface area contributed by atoms with Crippen molar-refractivity contribution in [2.45, 2.75) is 24.7 Å². The smallest absolute Gasteiger partial charge is 0.338 e. The standard InChI is InChI=1S/C21H22ClNO7S2/c1-2-29-20(25)14-3-5-16(6-4-14)32(27,28)23-11-9-15(10-12-23)21(26)30-13-17(24)18-7-8-19(22)31-18/h3-8,15H,2,9-13H2,1H3. The molecule has 32 heavy (non-hydrogen) atoms. The van der Waals surface area contributed by atoms with Crippen LogP contribution in [-0.4, -0.2) is 56.7 Å². The molecule has 1 fully saturated rings. The number of rotatable bonds is 8. The van der Waals surface area contributed by atoms with E-state index >= 15 is 0 Å². The Morgan fingerprint density at radius 2 is 1.72 bits per heavy atom. The van der Waals surface area contributed by atoms with Gasteiger partial charge in [0.05, 0.1) is 32.2 Å². The van der Waals surface area contributed by atoms with E-state index in [0.29, 0.717) is 9.21 Å². The van der Waals surface area contributed by atoms with Gasteiger partial charge in [-0.3, -0.25) is 9.59 Å². The van der Waals surface area contributed by atoms with E-state index < -0.39 is 27.9 Å². The molecule has 0 amide bonds. The summed E-state index contributed by atoms with van der Waals surface area (Å²) in [5.41, 5.74) is 0.270. The minimum absolute atomic E-state index is 0.0618. The molecule has 1 aliphatic rings. The molecule has 1 aromatic heterocycles. The fourth-order valence-corrected chi connectivity index (χ4v) is 5.69. The highest BCUT2D eigenvalue weighted by Crippen LogP contribution is 2.26. The number of carbonyl (C=O) groups excluding carboxylic acids is 3. The normalized spacial score (nSPS) is 15.3. The van der Waals surface area contributed by atoms with Crippen molar-refractivity contribution in [1.29, 1.82) is 0 Å². The van der Waals surface area contributed by atoms with Crippen LogP contribution < -0.4 is 0 Å². The maximum absolute atomic E-state index is 12.9. The zero-order valence-corrected chi connectivity index (χ0v) is 19.7. The van der Waals surface area contributed by atoms with Crippen molar-refractivity contribution in [2.75, 3.05) is 26.3 Å². The van der Waals surface area contributed by atoms with Gasteiger partial charge in [0.25, 0.3) is 0 Å². The number of hydrogen-bond donors (Lipinski definition) is 0. The Bertz CT molecular complexity index is 1090. The lowest BCUT2D eigenvalue weighted by molar-refractivity contribution is -0.148. The van der Waals surface area contributed by atoms with E-state index in [1.807, 2.05) is 0 Å². The Balaban J connectivity index is 1.53. The molecule has 0 radical (unpaired) electrons. The predicted octanol–water partition coefficient (Wildman–Crippen LogP) is 3.41. The second kappa shape index (κ2) is 10.6. The number of halogens is 1. The van der Waals surface area contributed by atoms with Crippen molar-refractivity contribution in [1.82, 2.24) is 4.31 Å². The first kappa shape index (κ1) is 24.4. The Labute approximate surface area is 195 Å². The number of hydrogen-bond acceptors (Lipinski definition) is 8. The van der Waals surface area contributed by atoms with Gasteiger partial charge in [-0.15, -0.1) is 11.3 Å². The molecule has 1 saturated heterocycles. The van der Waals surface area contributed by atoms with E-state index in [-0.39, 0.29) is 55.4 Å². The molecule has 0 saturated carbocycles. The van der Waals surface area contributed by atoms with Crippen LogP contribution in [0, 0.1) is 5.92 Å². The van der Waals surface area contributed by atoms with Gasteiger partial charge in [0, 0.05) is 13.1 Å². The summed E-state index contributed by atoms with van der Waals surface area (Å²) in [7, 11) is -3.76. The third-order valence-electron chi connectivity index (χ3n) is 4.98. The summed E-state index contributed by atoms with van der Waals surface area (Å²) >= 11 is 6.92. The molecule has 2 heterocycles. The van der Waals surface area contributed by atoms with Crippen molar-refractivity contribution in [3.8, 4) is 0 Å². The molecule has 0 spiro atoms. The molecule has 172 valence electrons. The summed E-state index contributed by atoms with van der Waals surface area (Å²) in [6.45, 7) is 1.84. The number of ketones is 1. The average Bonchev–Trinajstić information content (AvgIpc) is 3.24. The predicted molar refractivity (Wildman–Crippen MR) is 118 cm³/mol. The summed E-state index contributed by atoms with van der Waals surface area (Å²) in [6, 6.07) is 8.72. The quantitative estimate of drug-likeness (QED) is 0.404. The summed E-state index contributed by atoms with van der Waals surface area (Å²) in [6.07, 6.45) is 0.579. The number of carbonyl (C=O) groups is 3. The number of thiophene rings is 1. The molecule has 0 N–H and O–H groups in total. The van der Waals surface area contributed by atoms with Gasteiger partial charge >= 0.3 is 11.9 Å².